The maximum atomic E-state index is 12.7. The number of primary amides is 1. The van der Waals surface area contributed by atoms with E-state index >= 15 is 0 Å². The lowest BCUT2D eigenvalue weighted by Crippen LogP contribution is -2.13. The zero-order chi connectivity index (χ0) is 8.43. The third kappa shape index (κ3) is 1.65. The number of hydrogen-bond acceptors (Lipinski definition) is 2. The van der Waals surface area contributed by atoms with Crippen LogP contribution in [0.25, 0.3) is 0 Å². The summed E-state index contributed by atoms with van der Waals surface area (Å²) >= 11 is 5.32. The molecule has 0 aliphatic carbocycles. The van der Waals surface area contributed by atoms with Gasteiger partial charge in [0.05, 0.1) is 5.56 Å². The largest absolute Gasteiger partial charge is 0.365 e. The van der Waals surface area contributed by atoms with Crippen LogP contribution in [0.5, 0.6) is 0 Å². The third-order valence-corrected chi connectivity index (χ3v) is 1.29. The fourth-order valence-corrected chi connectivity index (χ4v) is 0.733. The van der Waals surface area contributed by atoms with E-state index in [1.807, 2.05) is 0 Å². The summed E-state index contributed by atoms with van der Waals surface area (Å²) in [4.78, 5) is 13.9. The molecule has 0 radical (unpaired) electrons. The molecule has 1 amide bonds. The van der Waals surface area contributed by atoms with Crippen LogP contribution in [0.2, 0.25) is 5.15 Å². The summed E-state index contributed by atoms with van der Waals surface area (Å²) in [5.74, 6) is -1.61. The standard InChI is InChI=1S/C6H4ClFN2O/c7-5-1-4(8)3(2-10-5)6(9)11/h1-2H,(H2,9,11). The van der Waals surface area contributed by atoms with Crippen molar-refractivity contribution in [2.45, 2.75) is 0 Å². The minimum atomic E-state index is -0.855. The number of carbonyl (C=O) groups excluding carboxylic acids is 1. The van der Waals surface area contributed by atoms with Gasteiger partial charge in [-0.25, -0.2) is 9.37 Å². The van der Waals surface area contributed by atoms with E-state index in [0.717, 1.165) is 12.3 Å². The molecule has 0 fully saturated rings. The Balaban J connectivity index is 3.20. The third-order valence-electron chi connectivity index (χ3n) is 1.09. The first-order valence-electron chi connectivity index (χ1n) is 2.72. The van der Waals surface area contributed by atoms with E-state index in [2.05, 4.69) is 4.98 Å². The molecule has 0 bridgehead atoms. The number of nitrogens with zero attached hydrogens (tertiary/aromatic N) is 1. The van der Waals surface area contributed by atoms with Gasteiger partial charge < -0.3 is 5.73 Å². The van der Waals surface area contributed by atoms with Crippen molar-refractivity contribution in [1.29, 1.82) is 0 Å². The molecular weight excluding hydrogens is 171 g/mol. The van der Waals surface area contributed by atoms with E-state index in [4.69, 9.17) is 17.3 Å². The molecule has 0 aliphatic rings. The van der Waals surface area contributed by atoms with E-state index in [-0.39, 0.29) is 10.7 Å². The summed E-state index contributed by atoms with van der Waals surface area (Å²) in [5.41, 5.74) is 4.55. The first kappa shape index (κ1) is 7.94. The number of nitrogens with two attached hydrogens (primary N) is 1. The van der Waals surface area contributed by atoms with E-state index in [1.165, 1.54) is 0 Å². The van der Waals surface area contributed by atoms with Crippen molar-refractivity contribution in [2.24, 2.45) is 5.73 Å². The molecule has 2 N–H and O–H groups in total. The van der Waals surface area contributed by atoms with Gasteiger partial charge >= 0.3 is 0 Å². The van der Waals surface area contributed by atoms with Crippen molar-refractivity contribution in [3.63, 3.8) is 0 Å². The molecule has 11 heavy (non-hydrogen) atoms. The molecule has 58 valence electrons. The van der Waals surface area contributed by atoms with Crippen molar-refractivity contribution in [1.82, 2.24) is 4.98 Å². The molecule has 1 heterocycles. The van der Waals surface area contributed by atoms with Crippen LogP contribution in [0.1, 0.15) is 10.4 Å². The molecule has 3 nitrogen and oxygen atoms in total. The predicted octanol–water partition coefficient (Wildman–Crippen LogP) is 0.973. The van der Waals surface area contributed by atoms with Crippen molar-refractivity contribution >= 4 is 17.5 Å². The zero-order valence-corrected chi connectivity index (χ0v) is 6.10. The summed E-state index contributed by atoms with van der Waals surface area (Å²) in [6.07, 6.45) is 1.00. The zero-order valence-electron chi connectivity index (χ0n) is 5.34. The maximum absolute atomic E-state index is 12.7. The lowest BCUT2D eigenvalue weighted by molar-refractivity contribution is 0.0996. The first-order chi connectivity index (χ1) is 5.11. The Bertz CT molecular complexity index is 303. The van der Waals surface area contributed by atoms with Gasteiger partial charge in [0.1, 0.15) is 11.0 Å². The molecule has 0 atom stereocenters. The minimum absolute atomic E-state index is 0.00694. The molecule has 0 aromatic carbocycles. The number of aromatic nitrogens is 1. The molecule has 0 spiro atoms. The Hall–Kier alpha value is -1.16. The molecule has 0 unspecified atom stereocenters. The highest BCUT2D eigenvalue weighted by molar-refractivity contribution is 6.29. The van der Waals surface area contributed by atoms with Crippen molar-refractivity contribution in [3.05, 3.63) is 28.8 Å². The van der Waals surface area contributed by atoms with Gasteiger partial charge in [-0.3, -0.25) is 4.79 Å². The molecule has 1 aromatic rings. The second kappa shape index (κ2) is 2.84. The van der Waals surface area contributed by atoms with Gasteiger partial charge in [0.2, 0.25) is 0 Å². The van der Waals surface area contributed by atoms with E-state index in [1.54, 1.807) is 0 Å². The smallest absolute Gasteiger partial charge is 0.253 e. The van der Waals surface area contributed by atoms with E-state index < -0.39 is 11.7 Å². The van der Waals surface area contributed by atoms with Crippen LogP contribution in [0.3, 0.4) is 0 Å². The number of carbonyl (C=O) groups is 1. The lowest BCUT2D eigenvalue weighted by Gasteiger charge is -1.95. The van der Waals surface area contributed by atoms with Crippen molar-refractivity contribution < 1.29 is 9.18 Å². The minimum Gasteiger partial charge on any atom is -0.365 e. The molecule has 5 heteroatoms. The number of amides is 1. The van der Waals surface area contributed by atoms with Gasteiger partial charge in [-0.05, 0) is 0 Å². The van der Waals surface area contributed by atoms with E-state index in [9.17, 15) is 9.18 Å². The van der Waals surface area contributed by atoms with Crippen molar-refractivity contribution in [3.8, 4) is 0 Å². The Kier molecular flexibility index (Phi) is 2.05. The molecule has 1 rings (SSSR count). The van der Waals surface area contributed by atoms with Crippen LogP contribution in [-0.4, -0.2) is 10.9 Å². The lowest BCUT2D eigenvalue weighted by atomic mass is 10.2. The summed E-state index contributed by atoms with van der Waals surface area (Å²) in [5, 5.41) is -0.00694. The molecular formula is C6H4ClFN2O. The Morgan fingerprint density at radius 3 is 2.82 bits per heavy atom. The number of halogens is 2. The van der Waals surface area contributed by atoms with Gasteiger partial charge in [0.25, 0.3) is 5.91 Å². The Morgan fingerprint density at radius 1 is 1.73 bits per heavy atom. The summed E-state index contributed by atoms with van der Waals surface area (Å²) in [6.45, 7) is 0. The summed E-state index contributed by atoms with van der Waals surface area (Å²) in [7, 11) is 0. The van der Waals surface area contributed by atoms with E-state index in [0.29, 0.717) is 0 Å². The second-order valence-corrected chi connectivity index (χ2v) is 2.24. The van der Waals surface area contributed by atoms with Gasteiger partial charge in [-0.2, -0.15) is 0 Å². The highest BCUT2D eigenvalue weighted by Gasteiger charge is 2.08. The fourth-order valence-electron chi connectivity index (χ4n) is 0.589. The Labute approximate surface area is 67.0 Å². The molecule has 1 aromatic heterocycles. The maximum Gasteiger partial charge on any atom is 0.253 e. The number of hydrogen-bond donors (Lipinski definition) is 1. The topological polar surface area (TPSA) is 56.0 Å². The SMILES string of the molecule is NC(=O)c1cnc(Cl)cc1F. The van der Waals surface area contributed by atoms with Gasteiger partial charge in [-0.1, -0.05) is 11.6 Å². The van der Waals surface area contributed by atoms with Crippen LogP contribution in [0, 0.1) is 5.82 Å². The van der Waals surface area contributed by atoms with Gasteiger partial charge in [0.15, 0.2) is 0 Å². The van der Waals surface area contributed by atoms with Gasteiger partial charge in [-0.15, -0.1) is 0 Å². The summed E-state index contributed by atoms with van der Waals surface area (Å²) in [6, 6.07) is 0.932. The highest BCUT2D eigenvalue weighted by Crippen LogP contribution is 2.10. The van der Waals surface area contributed by atoms with Crippen molar-refractivity contribution in [2.75, 3.05) is 0 Å². The number of pyridine rings is 1. The monoisotopic (exact) mass is 174 g/mol. The predicted molar refractivity (Wildman–Crippen MR) is 37.7 cm³/mol. The molecule has 0 saturated carbocycles. The quantitative estimate of drug-likeness (QED) is 0.645. The van der Waals surface area contributed by atoms with Crippen LogP contribution in [0.15, 0.2) is 12.3 Å². The Morgan fingerprint density at radius 2 is 2.36 bits per heavy atom. The highest BCUT2D eigenvalue weighted by atomic mass is 35.5. The van der Waals surface area contributed by atoms with Crippen LogP contribution in [0.4, 0.5) is 4.39 Å². The first-order valence-corrected chi connectivity index (χ1v) is 3.10. The van der Waals surface area contributed by atoms with Crippen LogP contribution < -0.4 is 5.73 Å². The average molecular weight is 175 g/mol. The molecule has 0 saturated heterocycles. The van der Waals surface area contributed by atoms with Crippen LogP contribution >= 0.6 is 11.6 Å². The average Bonchev–Trinajstić information content (AvgIpc) is 1.85. The van der Waals surface area contributed by atoms with Crippen LogP contribution in [-0.2, 0) is 0 Å². The molecule has 0 aliphatic heterocycles. The second-order valence-electron chi connectivity index (χ2n) is 1.85. The van der Waals surface area contributed by atoms with Gasteiger partial charge in [0, 0.05) is 12.3 Å². The number of rotatable bonds is 1. The normalized spacial score (nSPS) is 9.64. The fraction of sp³-hybridized carbons (Fsp3) is 0. The summed E-state index contributed by atoms with van der Waals surface area (Å²) < 4.78 is 12.7.